The first-order valence-corrected chi connectivity index (χ1v) is 8.06. The zero-order valence-corrected chi connectivity index (χ0v) is 14.4. The average Bonchev–Trinajstić information content (AvgIpc) is 2.60. The lowest BCUT2D eigenvalue weighted by Crippen LogP contribution is -2.12. The van der Waals surface area contributed by atoms with E-state index in [0.717, 1.165) is 24.3 Å². The quantitative estimate of drug-likeness (QED) is 0.524. The molecule has 2 aromatic carbocycles. The van der Waals surface area contributed by atoms with Crippen LogP contribution >= 0.6 is 0 Å². The molecule has 1 heterocycles. The highest BCUT2D eigenvalue weighted by Crippen LogP contribution is 2.35. The number of nitrogens with one attached hydrogen (secondary N) is 1. The van der Waals surface area contributed by atoms with Crippen LogP contribution in [0.1, 0.15) is 16.8 Å². The Labute approximate surface area is 155 Å². The Morgan fingerprint density at radius 1 is 0.714 bits per heavy atom. The van der Waals surface area contributed by atoms with Gasteiger partial charge in [0.2, 0.25) is 0 Å². The third-order valence-corrected chi connectivity index (χ3v) is 4.24. The molecule has 0 spiro atoms. The normalized spacial score (nSPS) is 12.2. The molecule has 1 aromatic heterocycles. The summed E-state index contributed by atoms with van der Waals surface area (Å²) < 4.78 is 77.8. The Bertz CT molecular complexity index is 1080. The number of hydrogen-bond acceptors (Lipinski definition) is 1. The van der Waals surface area contributed by atoms with Crippen molar-refractivity contribution in [1.82, 2.24) is 4.98 Å². The van der Waals surface area contributed by atoms with Crippen LogP contribution in [0.15, 0.2) is 59.4 Å². The van der Waals surface area contributed by atoms with E-state index in [2.05, 4.69) is 4.98 Å². The molecule has 0 saturated heterocycles. The maximum absolute atomic E-state index is 13.0. The number of aromatic amines is 1. The SMILES string of the molecule is Cc1[nH]c(=O)c(-c2cccc(C(F)(F)F)c2)cc1-c1cccc(C(F)(F)F)c1. The number of rotatable bonds is 2. The van der Waals surface area contributed by atoms with Crippen LogP contribution in [0.5, 0.6) is 0 Å². The van der Waals surface area contributed by atoms with Gasteiger partial charge in [-0.25, -0.2) is 0 Å². The Hall–Kier alpha value is -3.03. The number of H-pyrrole nitrogens is 1. The molecule has 28 heavy (non-hydrogen) atoms. The molecule has 0 aliphatic rings. The summed E-state index contributed by atoms with van der Waals surface area (Å²) in [7, 11) is 0. The number of benzene rings is 2. The zero-order chi connectivity index (χ0) is 20.7. The second kappa shape index (κ2) is 6.85. The van der Waals surface area contributed by atoms with Gasteiger partial charge in [-0.2, -0.15) is 26.3 Å². The highest BCUT2D eigenvalue weighted by atomic mass is 19.4. The molecule has 1 N–H and O–H groups in total. The summed E-state index contributed by atoms with van der Waals surface area (Å²) in [5.74, 6) is 0. The summed E-state index contributed by atoms with van der Waals surface area (Å²) in [5, 5.41) is 0. The summed E-state index contributed by atoms with van der Waals surface area (Å²) in [5.41, 5.74) is -1.68. The van der Waals surface area contributed by atoms with Gasteiger partial charge in [-0.1, -0.05) is 24.3 Å². The molecule has 146 valence electrons. The van der Waals surface area contributed by atoms with Gasteiger partial charge in [0.05, 0.1) is 11.1 Å². The molecule has 3 rings (SSSR count). The van der Waals surface area contributed by atoms with Crippen molar-refractivity contribution in [2.75, 3.05) is 0 Å². The van der Waals surface area contributed by atoms with Crippen molar-refractivity contribution in [2.24, 2.45) is 0 Å². The van der Waals surface area contributed by atoms with Crippen molar-refractivity contribution in [2.45, 2.75) is 19.3 Å². The summed E-state index contributed by atoms with van der Waals surface area (Å²) >= 11 is 0. The highest BCUT2D eigenvalue weighted by Gasteiger charge is 2.31. The fourth-order valence-electron chi connectivity index (χ4n) is 2.86. The van der Waals surface area contributed by atoms with Gasteiger partial charge in [0.1, 0.15) is 0 Å². The van der Waals surface area contributed by atoms with Crippen molar-refractivity contribution in [3.63, 3.8) is 0 Å². The lowest BCUT2D eigenvalue weighted by Gasteiger charge is -2.13. The molecule has 0 saturated carbocycles. The van der Waals surface area contributed by atoms with Crippen LogP contribution in [0.3, 0.4) is 0 Å². The minimum absolute atomic E-state index is 0.0179. The van der Waals surface area contributed by atoms with Gasteiger partial charge in [0.25, 0.3) is 5.56 Å². The van der Waals surface area contributed by atoms with Crippen molar-refractivity contribution in [3.8, 4) is 22.3 Å². The Balaban J connectivity index is 2.17. The number of aryl methyl sites for hydroxylation is 1. The summed E-state index contributed by atoms with van der Waals surface area (Å²) in [4.78, 5) is 14.8. The van der Waals surface area contributed by atoms with E-state index in [1.165, 1.54) is 37.3 Å². The van der Waals surface area contributed by atoms with Gasteiger partial charge in [-0.05, 0) is 48.4 Å². The first kappa shape index (κ1) is 19.7. The molecular formula is C20H13F6NO. The van der Waals surface area contributed by atoms with Gasteiger partial charge in [-0.3, -0.25) is 4.79 Å². The van der Waals surface area contributed by atoms with Gasteiger partial charge in [0.15, 0.2) is 0 Å². The summed E-state index contributed by atoms with van der Waals surface area (Å²) in [6.07, 6.45) is -9.13. The number of alkyl halides is 6. The van der Waals surface area contributed by atoms with E-state index in [4.69, 9.17) is 0 Å². The van der Waals surface area contributed by atoms with Crippen LogP contribution < -0.4 is 5.56 Å². The maximum Gasteiger partial charge on any atom is 0.416 e. The third kappa shape index (κ3) is 3.95. The van der Waals surface area contributed by atoms with Crippen LogP contribution in [0.4, 0.5) is 26.3 Å². The average molecular weight is 397 g/mol. The van der Waals surface area contributed by atoms with Crippen LogP contribution in [-0.4, -0.2) is 4.98 Å². The highest BCUT2D eigenvalue weighted by molar-refractivity contribution is 5.74. The fourth-order valence-corrected chi connectivity index (χ4v) is 2.86. The molecule has 0 aliphatic heterocycles. The molecule has 0 atom stereocenters. The molecular weight excluding hydrogens is 384 g/mol. The summed E-state index contributed by atoms with van der Waals surface area (Å²) in [6, 6.07) is 10.0. The predicted octanol–water partition coefficient (Wildman–Crippen LogP) is 6.05. The number of hydrogen-bond donors (Lipinski definition) is 1. The Kier molecular flexibility index (Phi) is 4.82. The Morgan fingerprint density at radius 2 is 1.18 bits per heavy atom. The van der Waals surface area contributed by atoms with Crippen LogP contribution in [0.25, 0.3) is 22.3 Å². The van der Waals surface area contributed by atoms with E-state index in [-0.39, 0.29) is 22.3 Å². The molecule has 2 nitrogen and oxygen atoms in total. The smallest absolute Gasteiger partial charge is 0.325 e. The van der Waals surface area contributed by atoms with Crippen LogP contribution in [-0.2, 0) is 12.4 Å². The molecule has 0 fully saturated rings. The van der Waals surface area contributed by atoms with E-state index >= 15 is 0 Å². The number of aromatic nitrogens is 1. The van der Waals surface area contributed by atoms with E-state index in [1.807, 2.05) is 0 Å². The predicted molar refractivity (Wildman–Crippen MR) is 92.7 cm³/mol. The monoisotopic (exact) mass is 397 g/mol. The molecule has 8 heteroatoms. The second-order valence-electron chi connectivity index (χ2n) is 6.21. The summed E-state index contributed by atoms with van der Waals surface area (Å²) in [6.45, 7) is 1.51. The third-order valence-electron chi connectivity index (χ3n) is 4.24. The maximum atomic E-state index is 13.0. The van der Waals surface area contributed by atoms with Crippen LogP contribution in [0.2, 0.25) is 0 Å². The topological polar surface area (TPSA) is 32.9 Å². The number of pyridine rings is 1. The van der Waals surface area contributed by atoms with E-state index in [1.54, 1.807) is 0 Å². The van der Waals surface area contributed by atoms with Crippen molar-refractivity contribution < 1.29 is 26.3 Å². The lowest BCUT2D eigenvalue weighted by molar-refractivity contribution is -0.138. The Morgan fingerprint density at radius 3 is 1.64 bits per heavy atom. The molecule has 0 aliphatic carbocycles. The van der Waals surface area contributed by atoms with E-state index in [9.17, 15) is 31.1 Å². The van der Waals surface area contributed by atoms with E-state index < -0.39 is 29.0 Å². The zero-order valence-electron chi connectivity index (χ0n) is 14.4. The van der Waals surface area contributed by atoms with Gasteiger partial charge >= 0.3 is 12.4 Å². The first-order chi connectivity index (χ1) is 13.0. The first-order valence-electron chi connectivity index (χ1n) is 8.06. The van der Waals surface area contributed by atoms with Crippen molar-refractivity contribution in [3.05, 3.63) is 81.8 Å². The van der Waals surface area contributed by atoms with Crippen LogP contribution in [0, 0.1) is 6.92 Å². The molecule has 0 amide bonds. The molecule has 0 bridgehead atoms. The minimum atomic E-state index is -4.59. The largest absolute Gasteiger partial charge is 0.416 e. The number of halogens is 6. The van der Waals surface area contributed by atoms with Gasteiger partial charge in [0, 0.05) is 16.8 Å². The molecule has 3 aromatic rings. The molecule has 0 unspecified atom stereocenters. The lowest BCUT2D eigenvalue weighted by atomic mass is 9.97. The fraction of sp³-hybridized carbons (Fsp3) is 0.150. The van der Waals surface area contributed by atoms with Gasteiger partial charge < -0.3 is 4.98 Å². The van der Waals surface area contributed by atoms with Crippen molar-refractivity contribution in [1.29, 1.82) is 0 Å². The van der Waals surface area contributed by atoms with Crippen molar-refractivity contribution >= 4 is 0 Å². The van der Waals surface area contributed by atoms with Gasteiger partial charge in [-0.15, -0.1) is 0 Å². The minimum Gasteiger partial charge on any atom is -0.325 e. The second-order valence-corrected chi connectivity index (χ2v) is 6.21. The van der Waals surface area contributed by atoms with E-state index in [0.29, 0.717) is 5.69 Å². The standard InChI is InChI=1S/C20H13F6NO/c1-11-16(12-4-2-6-14(8-12)19(21,22)23)10-17(18(28)27-11)13-5-3-7-15(9-13)20(24,25)26/h2-10H,1H3,(H,27,28). The molecule has 0 radical (unpaired) electrons.